The van der Waals surface area contributed by atoms with Crippen molar-refractivity contribution in [2.45, 2.75) is 48.8 Å². The fourth-order valence-electron chi connectivity index (χ4n) is 5.28. The van der Waals surface area contributed by atoms with Crippen LogP contribution in [0.4, 0.5) is 0 Å². The first-order valence-electron chi connectivity index (χ1n) is 12.2. The zero-order valence-corrected chi connectivity index (χ0v) is 20.6. The van der Waals surface area contributed by atoms with Crippen molar-refractivity contribution < 1.29 is 24.1 Å². The van der Waals surface area contributed by atoms with Crippen LogP contribution in [0.1, 0.15) is 41.1 Å². The van der Waals surface area contributed by atoms with Crippen molar-refractivity contribution in [3.05, 3.63) is 106 Å². The van der Waals surface area contributed by atoms with E-state index in [9.17, 15) is 24.1 Å². The molecule has 0 spiro atoms. The summed E-state index contributed by atoms with van der Waals surface area (Å²) in [6, 6.07) is 23.9. The Morgan fingerprint density at radius 2 is 1.64 bits per heavy atom. The second-order valence-corrected chi connectivity index (χ2v) is 11.7. The average Bonchev–Trinajstić information content (AvgIpc) is 3.31. The van der Waals surface area contributed by atoms with Crippen LogP contribution in [-0.2, 0) is 17.6 Å². The summed E-state index contributed by atoms with van der Waals surface area (Å²) >= 11 is 0. The number of carbonyl (C=O) groups is 1. The van der Waals surface area contributed by atoms with Crippen molar-refractivity contribution in [1.82, 2.24) is 5.32 Å². The third-order valence-electron chi connectivity index (χ3n) is 7.10. The van der Waals surface area contributed by atoms with Gasteiger partial charge in [-0.25, -0.2) is 0 Å². The van der Waals surface area contributed by atoms with Gasteiger partial charge in [-0.1, -0.05) is 72.8 Å². The molecule has 1 amide bonds. The number of aliphatic hydroxyl groups excluding tert-OH is 2. The molecule has 36 heavy (non-hydrogen) atoms. The van der Waals surface area contributed by atoms with E-state index >= 15 is 0 Å². The molecular weight excluding hydrogens is 474 g/mol. The van der Waals surface area contributed by atoms with Crippen LogP contribution in [0.3, 0.4) is 0 Å². The number of hydrogen-bond donors (Lipinski definition) is 5. The summed E-state index contributed by atoms with van der Waals surface area (Å²) < 4.78 is 21.6. The molecule has 1 aliphatic carbocycles. The molecule has 0 bridgehead atoms. The molecule has 0 fully saturated rings. The van der Waals surface area contributed by atoms with E-state index in [0.29, 0.717) is 22.6 Å². The fraction of sp³-hybridized carbons (Fsp3) is 0.276. The third-order valence-corrected chi connectivity index (χ3v) is 9.10. The van der Waals surface area contributed by atoms with Crippen LogP contribution in [-0.4, -0.2) is 37.4 Å². The Labute approximate surface area is 212 Å². The highest BCUT2D eigenvalue weighted by atomic mass is 32.3. The lowest BCUT2D eigenvalue weighted by atomic mass is 9.91. The van der Waals surface area contributed by atoms with Gasteiger partial charge in [0.2, 0.25) is 5.91 Å². The molecule has 0 unspecified atom stereocenters. The Bertz CT molecular complexity index is 1280. The zero-order valence-electron chi connectivity index (χ0n) is 19.8. The maximum absolute atomic E-state index is 13.5. The van der Waals surface area contributed by atoms with Crippen molar-refractivity contribution in [2.24, 2.45) is 5.92 Å². The number of amides is 1. The van der Waals surface area contributed by atoms with Crippen LogP contribution >= 0.6 is 10.6 Å². The summed E-state index contributed by atoms with van der Waals surface area (Å²) in [5, 5.41) is 24.7. The summed E-state index contributed by atoms with van der Waals surface area (Å²) in [5.41, 5.74) is 3.65. The van der Waals surface area contributed by atoms with Gasteiger partial charge in [0.05, 0.1) is 23.1 Å². The predicted molar refractivity (Wildman–Crippen MR) is 141 cm³/mol. The lowest BCUT2D eigenvalue weighted by Crippen LogP contribution is -2.39. The van der Waals surface area contributed by atoms with Gasteiger partial charge in [-0.05, 0) is 47.2 Å². The molecule has 0 radical (unpaired) electrons. The first-order chi connectivity index (χ1) is 17.3. The van der Waals surface area contributed by atoms with Gasteiger partial charge in [-0.15, -0.1) is 10.6 Å². The summed E-state index contributed by atoms with van der Waals surface area (Å²) in [6.07, 6.45) is 1.19. The molecule has 0 aromatic heterocycles. The number of fused-ring (bicyclic) bond motifs is 2. The molecule has 6 nitrogen and oxygen atoms in total. The molecule has 0 saturated heterocycles. The lowest BCUT2D eigenvalue weighted by molar-refractivity contribution is -0.127. The molecule has 1 heterocycles. The zero-order chi connectivity index (χ0) is 25.3. The molecule has 3 aromatic carbocycles. The van der Waals surface area contributed by atoms with Crippen LogP contribution in [0.5, 0.6) is 0 Å². The van der Waals surface area contributed by atoms with E-state index in [1.165, 1.54) is 0 Å². The lowest BCUT2D eigenvalue weighted by Gasteiger charge is -2.33. The van der Waals surface area contributed by atoms with Crippen molar-refractivity contribution in [3.8, 4) is 0 Å². The molecule has 5 N–H and O–H groups in total. The molecule has 7 heteroatoms. The van der Waals surface area contributed by atoms with E-state index in [0.717, 1.165) is 22.3 Å². The Balaban J connectivity index is 1.32. The van der Waals surface area contributed by atoms with E-state index in [1.807, 2.05) is 66.7 Å². The summed E-state index contributed by atoms with van der Waals surface area (Å²) in [4.78, 5) is 14.4. The molecule has 1 aliphatic heterocycles. The number of rotatable bonds is 8. The van der Waals surface area contributed by atoms with Crippen LogP contribution < -0.4 is 5.32 Å². The van der Waals surface area contributed by atoms with Crippen LogP contribution in [0, 0.1) is 5.92 Å². The number of aliphatic hydroxyl groups is 2. The molecular formula is C29H31NO5S. The number of hydrogen-bond acceptors (Lipinski definition) is 5. The maximum atomic E-state index is 13.5. The van der Waals surface area contributed by atoms with Gasteiger partial charge in [-0.3, -0.25) is 13.9 Å². The molecule has 188 valence electrons. The second-order valence-electron chi connectivity index (χ2n) is 9.63. The van der Waals surface area contributed by atoms with Gasteiger partial charge in [0.15, 0.2) is 0 Å². The third kappa shape index (κ3) is 4.98. The Hall–Kier alpha value is -2.94. The van der Waals surface area contributed by atoms with E-state index in [2.05, 4.69) is 5.32 Å². The minimum Gasteiger partial charge on any atom is -0.393 e. The Morgan fingerprint density at radius 1 is 0.944 bits per heavy atom. The number of nitrogens with one attached hydrogen (secondary N) is 1. The van der Waals surface area contributed by atoms with Crippen molar-refractivity contribution in [3.63, 3.8) is 0 Å². The standard InChI is InChI=1S/C29H31NO5S/c31-23(18-24-16-21-11-5-7-13-27(21)36(24,34)35)15-22(14-19-8-2-1-3-9-19)29(33)30-28-25-12-6-4-10-20(25)17-26(28)32/h1-13,16,22-23,26,28,31-32,34-35H,14-15,17-18H2,(H,30,33)/t22-,23+,26-,28+/m1/s1. The quantitative estimate of drug-likeness (QED) is 0.298. The molecule has 2 aliphatic rings. The second kappa shape index (κ2) is 10.2. The minimum absolute atomic E-state index is 0.0600. The van der Waals surface area contributed by atoms with Crippen molar-refractivity contribution >= 4 is 22.6 Å². The van der Waals surface area contributed by atoms with Crippen molar-refractivity contribution in [1.29, 1.82) is 0 Å². The van der Waals surface area contributed by atoms with Crippen molar-refractivity contribution in [2.75, 3.05) is 0 Å². The highest BCUT2D eigenvalue weighted by Crippen LogP contribution is 2.62. The maximum Gasteiger partial charge on any atom is 0.224 e. The van der Waals surface area contributed by atoms with Gasteiger partial charge in [0.25, 0.3) is 0 Å². The monoisotopic (exact) mass is 505 g/mol. The predicted octanol–water partition coefficient (Wildman–Crippen LogP) is 4.93. The molecule has 4 atom stereocenters. The number of carbonyl (C=O) groups excluding carboxylic acids is 1. The smallest absolute Gasteiger partial charge is 0.224 e. The van der Waals surface area contributed by atoms with Gasteiger partial charge < -0.3 is 15.5 Å². The van der Waals surface area contributed by atoms with Crippen LogP contribution in [0.25, 0.3) is 6.08 Å². The number of benzene rings is 3. The molecule has 3 aromatic rings. The molecule has 5 rings (SSSR count). The van der Waals surface area contributed by atoms with Gasteiger partial charge >= 0.3 is 0 Å². The van der Waals surface area contributed by atoms with E-state index in [1.54, 1.807) is 18.2 Å². The highest BCUT2D eigenvalue weighted by Gasteiger charge is 2.35. The normalized spacial score (nSPS) is 22.2. The topological polar surface area (TPSA) is 110 Å². The molecule has 0 saturated carbocycles. The van der Waals surface area contributed by atoms with E-state index in [4.69, 9.17) is 0 Å². The minimum atomic E-state index is -3.15. The first kappa shape index (κ1) is 24.7. The summed E-state index contributed by atoms with van der Waals surface area (Å²) in [6.45, 7) is 0. The average molecular weight is 506 g/mol. The highest BCUT2D eigenvalue weighted by molar-refractivity contribution is 8.28. The van der Waals surface area contributed by atoms with E-state index in [-0.39, 0.29) is 18.7 Å². The Morgan fingerprint density at radius 3 is 2.42 bits per heavy atom. The van der Waals surface area contributed by atoms with E-state index < -0.39 is 34.8 Å². The first-order valence-corrected chi connectivity index (χ1v) is 13.7. The van der Waals surface area contributed by atoms with Crippen LogP contribution in [0.15, 0.2) is 88.7 Å². The van der Waals surface area contributed by atoms with Gasteiger partial charge in [0.1, 0.15) is 0 Å². The van der Waals surface area contributed by atoms with Crippen LogP contribution in [0.2, 0.25) is 0 Å². The fourth-order valence-corrected chi connectivity index (χ4v) is 7.00. The largest absolute Gasteiger partial charge is 0.393 e. The Kier molecular flexibility index (Phi) is 7.01. The van der Waals surface area contributed by atoms with Gasteiger partial charge in [0, 0.05) is 23.7 Å². The van der Waals surface area contributed by atoms with Gasteiger partial charge in [-0.2, -0.15) is 0 Å². The SMILES string of the molecule is O=C(N[C@H]1c2ccccc2C[C@H]1O)[C@H](Cc1ccccc1)C[C@H](O)CC1=Cc2ccccc2S1(O)O. The summed E-state index contributed by atoms with van der Waals surface area (Å²) in [5.74, 6) is -0.803. The summed E-state index contributed by atoms with van der Waals surface area (Å²) in [7, 11) is -3.15.